The Labute approximate surface area is 127 Å². The monoisotopic (exact) mass is 296 g/mol. The molecule has 0 bridgehead atoms. The number of anilines is 1. The van der Waals surface area contributed by atoms with E-state index in [0.29, 0.717) is 21.9 Å². The van der Waals surface area contributed by atoms with Gasteiger partial charge in [-0.1, -0.05) is 48.6 Å². The van der Waals surface area contributed by atoms with Crippen LogP contribution in [0.15, 0.2) is 60.3 Å². The van der Waals surface area contributed by atoms with Crippen LogP contribution in [0, 0.1) is 0 Å². The molecule has 2 N–H and O–H groups in total. The van der Waals surface area contributed by atoms with Gasteiger partial charge in [-0.15, -0.1) is 0 Å². The number of carbonyl (C=O) groups excluding carboxylic acids is 1. The molecule has 0 aliphatic carbocycles. The first kappa shape index (κ1) is 13.3. The number of para-hydroxylation sites is 2. The number of hydrogen-bond donors (Lipinski definition) is 2. The van der Waals surface area contributed by atoms with Crippen LogP contribution in [0.3, 0.4) is 0 Å². The molecule has 21 heavy (non-hydrogen) atoms. The zero-order chi connectivity index (χ0) is 14.8. The maximum absolute atomic E-state index is 12.1. The number of amides is 2. The lowest BCUT2D eigenvalue weighted by atomic mass is 10.1. The van der Waals surface area contributed by atoms with Crippen LogP contribution < -0.4 is 10.2 Å². The van der Waals surface area contributed by atoms with Gasteiger partial charge in [0.1, 0.15) is 10.7 Å². The Morgan fingerprint density at radius 2 is 1.71 bits per heavy atom. The molecule has 0 unspecified atom stereocenters. The molecule has 1 fully saturated rings. The summed E-state index contributed by atoms with van der Waals surface area (Å²) in [5, 5.41) is 12.5. The van der Waals surface area contributed by atoms with E-state index in [1.165, 1.54) is 4.90 Å². The summed E-state index contributed by atoms with van der Waals surface area (Å²) in [5.74, 6) is 0.139. The molecule has 2 aromatic carbocycles. The van der Waals surface area contributed by atoms with Crippen molar-refractivity contribution in [3.8, 4) is 5.75 Å². The zero-order valence-electron chi connectivity index (χ0n) is 11.0. The highest BCUT2D eigenvalue weighted by molar-refractivity contribution is 7.81. The fourth-order valence-corrected chi connectivity index (χ4v) is 2.41. The molecule has 3 rings (SSSR count). The molecule has 0 aromatic heterocycles. The predicted molar refractivity (Wildman–Crippen MR) is 86.1 cm³/mol. The number of hydrogen-bond acceptors (Lipinski definition) is 3. The van der Waals surface area contributed by atoms with Crippen LogP contribution >= 0.6 is 12.2 Å². The number of aromatic hydroxyl groups is 1. The Morgan fingerprint density at radius 3 is 2.43 bits per heavy atom. The van der Waals surface area contributed by atoms with Crippen LogP contribution in [-0.4, -0.2) is 16.1 Å². The highest BCUT2D eigenvalue weighted by atomic mass is 32.1. The van der Waals surface area contributed by atoms with Gasteiger partial charge in [0.2, 0.25) is 0 Å². The first-order valence-corrected chi connectivity index (χ1v) is 6.78. The van der Waals surface area contributed by atoms with Crippen LogP contribution in [0.4, 0.5) is 10.5 Å². The lowest BCUT2D eigenvalue weighted by Crippen LogP contribution is -2.29. The van der Waals surface area contributed by atoms with Gasteiger partial charge in [0.15, 0.2) is 0 Å². The van der Waals surface area contributed by atoms with Gasteiger partial charge in [-0.25, -0.2) is 4.79 Å². The average molecular weight is 296 g/mol. The van der Waals surface area contributed by atoms with Gasteiger partial charge in [-0.2, -0.15) is 0 Å². The van der Waals surface area contributed by atoms with Crippen LogP contribution in [0.2, 0.25) is 0 Å². The Kier molecular flexibility index (Phi) is 3.41. The first-order chi connectivity index (χ1) is 10.2. The largest absolute Gasteiger partial charge is 0.507 e. The number of phenols is 1. The molecule has 1 saturated heterocycles. The average Bonchev–Trinajstić information content (AvgIpc) is 2.77. The van der Waals surface area contributed by atoms with Crippen molar-refractivity contribution >= 4 is 35.0 Å². The minimum absolute atomic E-state index is 0.139. The van der Waals surface area contributed by atoms with E-state index < -0.39 is 0 Å². The summed E-state index contributed by atoms with van der Waals surface area (Å²) in [5.41, 5.74) is 1.81. The SMILES string of the molecule is O=C1NC(=Cc2ccccc2O)C(=S)N1c1ccccc1. The summed E-state index contributed by atoms with van der Waals surface area (Å²) in [7, 11) is 0. The molecule has 5 heteroatoms. The summed E-state index contributed by atoms with van der Waals surface area (Å²) in [6.07, 6.45) is 1.67. The Hall–Kier alpha value is -2.66. The minimum atomic E-state index is -0.298. The summed E-state index contributed by atoms with van der Waals surface area (Å²) in [6.45, 7) is 0. The molecule has 0 atom stereocenters. The number of phenolic OH excluding ortho intramolecular Hbond substituents is 1. The van der Waals surface area contributed by atoms with Gasteiger partial charge in [-0.3, -0.25) is 4.90 Å². The summed E-state index contributed by atoms with van der Waals surface area (Å²) < 4.78 is 0. The van der Waals surface area contributed by atoms with E-state index in [0.717, 1.165) is 0 Å². The van der Waals surface area contributed by atoms with Gasteiger partial charge >= 0.3 is 6.03 Å². The molecular formula is C16H12N2O2S. The van der Waals surface area contributed by atoms with Crippen molar-refractivity contribution in [1.29, 1.82) is 0 Å². The lowest BCUT2D eigenvalue weighted by molar-refractivity contribution is 0.253. The zero-order valence-corrected chi connectivity index (χ0v) is 11.8. The number of nitrogens with one attached hydrogen (secondary N) is 1. The highest BCUT2D eigenvalue weighted by Crippen LogP contribution is 2.25. The van der Waals surface area contributed by atoms with Crippen LogP contribution in [0.5, 0.6) is 5.75 Å². The van der Waals surface area contributed by atoms with Gasteiger partial charge in [0.05, 0.1) is 11.4 Å². The fourth-order valence-electron chi connectivity index (χ4n) is 2.11. The molecule has 0 saturated carbocycles. The van der Waals surface area contributed by atoms with Crippen molar-refractivity contribution in [2.24, 2.45) is 0 Å². The van der Waals surface area contributed by atoms with E-state index in [-0.39, 0.29) is 11.8 Å². The van der Waals surface area contributed by atoms with E-state index >= 15 is 0 Å². The number of rotatable bonds is 2. The second kappa shape index (κ2) is 5.38. The quantitative estimate of drug-likeness (QED) is 0.660. The number of nitrogens with zero attached hydrogens (tertiary/aromatic N) is 1. The summed E-state index contributed by atoms with van der Waals surface area (Å²) >= 11 is 5.36. The van der Waals surface area contributed by atoms with Crippen molar-refractivity contribution < 1.29 is 9.90 Å². The van der Waals surface area contributed by atoms with E-state index in [1.54, 1.807) is 30.3 Å². The third kappa shape index (κ3) is 2.51. The molecule has 2 aromatic rings. The van der Waals surface area contributed by atoms with Gasteiger partial charge < -0.3 is 10.4 Å². The van der Waals surface area contributed by atoms with E-state index in [2.05, 4.69) is 5.32 Å². The van der Waals surface area contributed by atoms with Crippen molar-refractivity contribution in [2.45, 2.75) is 0 Å². The number of carbonyl (C=O) groups is 1. The van der Waals surface area contributed by atoms with Gasteiger partial charge in [0.25, 0.3) is 0 Å². The van der Waals surface area contributed by atoms with Crippen molar-refractivity contribution in [3.63, 3.8) is 0 Å². The normalized spacial score (nSPS) is 16.4. The molecule has 0 spiro atoms. The molecule has 2 amide bonds. The molecule has 1 aliphatic heterocycles. The molecule has 0 radical (unpaired) electrons. The van der Waals surface area contributed by atoms with Crippen LogP contribution in [0.1, 0.15) is 5.56 Å². The minimum Gasteiger partial charge on any atom is -0.507 e. The summed E-state index contributed by atoms with van der Waals surface area (Å²) in [6, 6.07) is 15.8. The third-order valence-corrected chi connectivity index (χ3v) is 3.53. The smallest absolute Gasteiger partial charge is 0.331 e. The van der Waals surface area contributed by atoms with E-state index in [1.807, 2.05) is 30.3 Å². The molecule has 4 nitrogen and oxygen atoms in total. The molecule has 104 valence electrons. The Morgan fingerprint density at radius 1 is 1.05 bits per heavy atom. The number of thiocarbonyl (C=S) groups is 1. The Balaban J connectivity index is 1.96. The second-order valence-corrected chi connectivity index (χ2v) is 4.91. The van der Waals surface area contributed by atoms with Crippen molar-refractivity contribution in [1.82, 2.24) is 5.32 Å². The topological polar surface area (TPSA) is 52.6 Å². The molecule has 1 heterocycles. The van der Waals surface area contributed by atoms with Crippen LogP contribution in [0.25, 0.3) is 6.08 Å². The fraction of sp³-hybridized carbons (Fsp3) is 0. The maximum Gasteiger partial charge on any atom is 0.331 e. The third-order valence-electron chi connectivity index (χ3n) is 3.13. The maximum atomic E-state index is 12.1. The standard InChI is InChI=1S/C16H12N2O2S/c19-14-9-5-4-6-11(14)10-13-15(21)18(16(20)17-13)12-7-2-1-3-8-12/h1-10,19H,(H,17,20). The second-order valence-electron chi connectivity index (χ2n) is 4.52. The van der Waals surface area contributed by atoms with Crippen LogP contribution in [-0.2, 0) is 0 Å². The van der Waals surface area contributed by atoms with E-state index in [9.17, 15) is 9.90 Å². The predicted octanol–water partition coefficient (Wildman–Crippen LogP) is 3.29. The summed E-state index contributed by atoms with van der Waals surface area (Å²) in [4.78, 5) is 13.9. The highest BCUT2D eigenvalue weighted by Gasteiger charge is 2.31. The van der Waals surface area contributed by atoms with Crippen molar-refractivity contribution in [2.75, 3.05) is 4.90 Å². The molecular weight excluding hydrogens is 284 g/mol. The van der Waals surface area contributed by atoms with E-state index in [4.69, 9.17) is 12.2 Å². The van der Waals surface area contributed by atoms with Gasteiger partial charge in [-0.05, 0) is 24.3 Å². The van der Waals surface area contributed by atoms with Gasteiger partial charge in [0, 0.05) is 5.56 Å². The first-order valence-electron chi connectivity index (χ1n) is 6.37. The number of benzene rings is 2. The lowest BCUT2D eigenvalue weighted by Gasteiger charge is -2.13. The molecule has 1 aliphatic rings. The van der Waals surface area contributed by atoms with Crippen molar-refractivity contribution in [3.05, 3.63) is 65.9 Å². The Bertz CT molecular complexity index is 741. The number of urea groups is 1.